The molecule has 0 aromatic heterocycles. The van der Waals surface area contributed by atoms with Crippen LogP contribution < -0.4 is 15.8 Å². The van der Waals surface area contributed by atoms with Crippen LogP contribution in [0.3, 0.4) is 0 Å². The Labute approximate surface area is 94.8 Å². The van der Waals surface area contributed by atoms with Crippen molar-refractivity contribution in [2.75, 3.05) is 19.4 Å². The van der Waals surface area contributed by atoms with E-state index < -0.39 is 0 Å². The number of anilines is 1. The van der Waals surface area contributed by atoms with Crippen LogP contribution >= 0.6 is 0 Å². The summed E-state index contributed by atoms with van der Waals surface area (Å²) >= 11 is 0. The maximum Gasteiger partial charge on any atom is 0.255 e. The third kappa shape index (κ3) is 2.67. The van der Waals surface area contributed by atoms with E-state index in [1.165, 1.54) is 7.11 Å². The predicted molar refractivity (Wildman–Crippen MR) is 63.2 cm³/mol. The molecule has 0 unspecified atom stereocenters. The molecular formula is C12H14N2O2. The fourth-order valence-corrected chi connectivity index (χ4v) is 1.27. The van der Waals surface area contributed by atoms with Crippen molar-refractivity contribution in [2.45, 2.75) is 6.92 Å². The topological polar surface area (TPSA) is 64.4 Å². The highest BCUT2D eigenvalue weighted by molar-refractivity contribution is 5.98. The van der Waals surface area contributed by atoms with Crippen molar-refractivity contribution in [3.8, 4) is 17.6 Å². The molecule has 0 aliphatic carbocycles. The van der Waals surface area contributed by atoms with Crippen LogP contribution in [0.15, 0.2) is 18.2 Å². The molecule has 3 N–H and O–H groups in total. The molecule has 0 saturated heterocycles. The molecule has 1 amide bonds. The fourth-order valence-electron chi connectivity index (χ4n) is 1.27. The van der Waals surface area contributed by atoms with E-state index in [-0.39, 0.29) is 5.91 Å². The predicted octanol–water partition coefficient (Wildman–Crippen LogP) is 1.03. The minimum Gasteiger partial charge on any atom is -0.494 e. The fraction of sp³-hybridized carbons (Fsp3) is 0.250. The van der Waals surface area contributed by atoms with E-state index in [4.69, 9.17) is 10.5 Å². The van der Waals surface area contributed by atoms with Crippen LogP contribution in [0.2, 0.25) is 0 Å². The van der Waals surface area contributed by atoms with Crippen LogP contribution in [0.1, 0.15) is 17.3 Å². The third-order valence-corrected chi connectivity index (χ3v) is 2.01. The first kappa shape index (κ1) is 11.9. The standard InChI is InChI=1S/C12H14N2O2/c1-3-4-8-14-12(15)9-6-5-7-10(13)11(9)16-2/h5-7H,8,13H2,1-2H3,(H,14,15). The number of amides is 1. The lowest BCUT2D eigenvalue weighted by atomic mass is 10.1. The summed E-state index contributed by atoms with van der Waals surface area (Å²) in [6.07, 6.45) is 0. The van der Waals surface area contributed by atoms with E-state index >= 15 is 0 Å². The first-order chi connectivity index (χ1) is 7.70. The summed E-state index contributed by atoms with van der Waals surface area (Å²) in [5, 5.41) is 2.65. The van der Waals surface area contributed by atoms with Gasteiger partial charge >= 0.3 is 0 Å². The zero-order valence-corrected chi connectivity index (χ0v) is 9.33. The Bertz CT molecular complexity index is 444. The van der Waals surface area contributed by atoms with Gasteiger partial charge < -0.3 is 15.8 Å². The number of nitrogen functional groups attached to an aromatic ring is 1. The molecule has 0 aliphatic rings. The number of benzene rings is 1. The lowest BCUT2D eigenvalue weighted by Crippen LogP contribution is -2.24. The number of ether oxygens (including phenoxy) is 1. The van der Waals surface area contributed by atoms with Crippen molar-refractivity contribution in [1.82, 2.24) is 5.32 Å². The van der Waals surface area contributed by atoms with E-state index in [0.29, 0.717) is 23.5 Å². The maximum absolute atomic E-state index is 11.7. The van der Waals surface area contributed by atoms with Gasteiger partial charge in [-0.2, -0.15) is 0 Å². The van der Waals surface area contributed by atoms with Gasteiger partial charge in [0.2, 0.25) is 0 Å². The number of para-hydroxylation sites is 1. The van der Waals surface area contributed by atoms with E-state index in [2.05, 4.69) is 17.2 Å². The van der Waals surface area contributed by atoms with Gasteiger partial charge in [-0.15, -0.1) is 5.92 Å². The number of hydrogen-bond acceptors (Lipinski definition) is 3. The highest BCUT2D eigenvalue weighted by Crippen LogP contribution is 2.25. The molecule has 0 saturated carbocycles. The van der Waals surface area contributed by atoms with Gasteiger partial charge in [0.25, 0.3) is 5.91 Å². The number of rotatable bonds is 3. The van der Waals surface area contributed by atoms with Gasteiger partial charge in [0.1, 0.15) is 0 Å². The average Bonchev–Trinajstić information content (AvgIpc) is 2.29. The number of hydrogen-bond donors (Lipinski definition) is 2. The van der Waals surface area contributed by atoms with Crippen LogP contribution in [0.25, 0.3) is 0 Å². The Morgan fingerprint density at radius 2 is 2.31 bits per heavy atom. The van der Waals surface area contributed by atoms with Crippen LogP contribution in [0, 0.1) is 11.8 Å². The summed E-state index contributed by atoms with van der Waals surface area (Å²) in [5.74, 6) is 5.59. The lowest BCUT2D eigenvalue weighted by Gasteiger charge is -2.09. The van der Waals surface area contributed by atoms with E-state index in [0.717, 1.165) is 0 Å². The molecule has 84 valence electrons. The number of carbonyl (C=O) groups is 1. The number of methoxy groups -OCH3 is 1. The van der Waals surface area contributed by atoms with Crippen LogP contribution in [0.5, 0.6) is 5.75 Å². The Balaban J connectivity index is 2.89. The van der Waals surface area contributed by atoms with E-state index in [1.54, 1.807) is 25.1 Å². The molecule has 4 nitrogen and oxygen atoms in total. The van der Waals surface area contributed by atoms with Crippen LogP contribution in [0.4, 0.5) is 5.69 Å². The minimum atomic E-state index is -0.244. The van der Waals surface area contributed by atoms with Gasteiger partial charge in [-0.05, 0) is 19.1 Å². The summed E-state index contributed by atoms with van der Waals surface area (Å²) in [6.45, 7) is 2.03. The molecule has 0 spiro atoms. The maximum atomic E-state index is 11.7. The molecule has 1 aromatic carbocycles. The first-order valence-corrected chi connectivity index (χ1v) is 4.81. The molecule has 0 bridgehead atoms. The molecule has 0 fully saturated rings. The molecule has 0 radical (unpaired) electrons. The van der Waals surface area contributed by atoms with Crippen molar-refractivity contribution in [1.29, 1.82) is 0 Å². The smallest absolute Gasteiger partial charge is 0.255 e. The Morgan fingerprint density at radius 3 is 2.94 bits per heavy atom. The Morgan fingerprint density at radius 1 is 1.56 bits per heavy atom. The van der Waals surface area contributed by atoms with Crippen LogP contribution in [-0.2, 0) is 0 Å². The summed E-state index contributed by atoms with van der Waals surface area (Å²) in [4.78, 5) is 11.7. The second-order valence-electron chi connectivity index (χ2n) is 3.04. The SMILES string of the molecule is CC#CCNC(=O)c1cccc(N)c1OC. The van der Waals surface area contributed by atoms with Gasteiger partial charge in [0.05, 0.1) is 24.9 Å². The zero-order valence-electron chi connectivity index (χ0n) is 9.33. The van der Waals surface area contributed by atoms with E-state index in [9.17, 15) is 4.79 Å². The number of carbonyl (C=O) groups excluding carboxylic acids is 1. The molecule has 0 aliphatic heterocycles. The van der Waals surface area contributed by atoms with Crippen LogP contribution in [-0.4, -0.2) is 19.6 Å². The quantitative estimate of drug-likeness (QED) is 0.588. The van der Waals surface area contributed by atoms with Crippen molar-refractivity contribution in [3.63, 3.8) is 0 Å². The van der Waals surface area contributed by atoms with Gasteiger partial charge in [0, 0.05) is 0 Å². The van der Waals surface area contributed by atoms with Gasteiger partial charge in [-0.1, -0.05) is 12.0 Å². The Kier molecular flexibility index (Phi) is 4.22. The normalized spacial score (nSPS) is 8.88. The van der Waals surface area contributed by atoms with Crippen molar-refractivity contribution < 1.29 is 9.53 Å². The average molecular weight is 218 g/mol. The molecule has 16 heavy (non-hydrogen) atoms. The zero-order chi connectivity index (χ0) is 12.0. The van der Waals surface area contributed by atoms with E-state index in [1.807, 2.05) is 0 Å². The summed E-state index contributed by atoms with van der Waals surface area (Å²) in [5.41, 5.74) is 6.55. The molecule has 1 rings (SSSR count). The van der Waals surface area contributed by atoms with Gasteiger partial charge in [0.15, 0.2) is 5.75 Å². The first-order valence-electron chi connectivity index (χ1n) is 4.81. The molecule has 0 atom stereocenters. The van der Waals surface area contributed by atoms with Crippen molar-refractivity contribution >= 4 is 11.6 Å². The number of nitrogens with two attached hydrogens (primary N) is 1. The largest absolute Gasteiger partial charge is 0.494 e. The third-order valence-electron chi connectivity index (χ3n) is 2.01. The molecule has 1 aromatic rings. The number of nitrogens with one attached hydrogen (secondary N) is 1. The molecule has 0 heterocycles. The highest BCUT2D eigenvalue weighted by Gasteiger charge is 2.13. The molecule has 4 heteroatoms. The second-order valence-corrected chi connectivity index (χ2v) is 3.04. The minimum absolute atomic E-state index is 0.244. The second kappa shape index (κ2) is 5.66. The van der Waals surface area contributed by atoms with Gasteiger partial charge in [-0.3, -0.25) is 4.79 Å². The summed E-state index contributed by atoms with van der Waals surface area (Å²) in [6, 6.07) is 5.05. The summed E-state index contributed by atoms with van der Waals surface area (Å²) in [7, 11) is 1.48. The van der Waals surface area contributed by atoms with Crippen molar-refractivity contribution in [3.05, 3.63) is 23.8 Å². The molecular weight excluding hydrogens is 204 g/mol. The lowest BCUT2D eigenvalue weighted by molar-refractivity contribution is 0.0956. The highest BCUT2D eigenvalue weighted by atomic mass is 16.5. The summed E-state index contributed by atoms with van der Waals surface area (Å²) < 4.78 is 5.08. The Hall–Kier alpha value is -2.15. The monoisotopic (exact) mass is 218 g/mol. The van der Waals surface area contributed by atoms with Gasteiger partial charge in [-0.25, -0.2) is 0 Å². The van der Waals surface area contributed by atoms with Crippen molar-refractivity contribution in [2.24, 2.45) is 0 Å².